The minimum absolute atomic E-state index is 0.139. The third-order valence-electron chi connectivity index (χ3n) is 2.44. The van der Waals surface area contributed by atoms with Crippen molar-refractivity contribution in [2.24, 2.45) is 0 Å². The van der Waals surface area contributed by atoms with Gasteiger partial charge < -0.3 is 4.74 Å². The lowest BCUT2D eigenvalue weighted by molar-refractivity contribution is -0.145. The van der Waals surface area contributed by atoms with Gasteiger partial charge in [0.2, 0.25) is 0 Å². The molecule has 1 aromatic rings. The zero-order valence-electron chi connectivity index (χ0n) is 10.1. The van der Waals surface area contributed by atoms with Crippen molar-refractivity contribution in [1.29, 1.82) is 0 Å². The van der Waals surface area contributed by atoms with E-state index in [1.165, 1.54) is 5.56 Å². The van der Waals surface area contributed by atoms with Crippen molar-refractivity contribution in [3.05, 3.63) is 35.9 Å². The largest absolute Gasteiger partial charge is 0.465 e. The normalized spacial score (nSPS) is 14.2. The summed E-state index contributed by atoms with van der Waals surface area (Å²) in [7, 11) is 0. The second-order valence-corrected chi connectivity index (χ2v) is 3.77. The molecular weight excluding hydrogens is 202 g/mol. The molecule has 3 nitrogen and oxygen atoms in total. The van der Waals surface area contributed by atoms with E-state index in [0.29, 0.717) is 6.61 Å². The Labute approximate surface area is 96.8 Å². The highest BCUT2D eigenvalue weighted by atomic mass is 16.5. The Balaban J connectivity index is 2.51. The van der Waals surface area contributed by atoms with Crippen LogP contribution in [0.5, 0.6) is 0 Å². The molecule has 2 unspecified atom stereocenters. The van der Waals surface area contributed by atoms with Crippen molar-refractivity contribution < 1.29 is 9.53 Å². The van der Waals surface area contributed by atoms with Crippen LogP contribution in [-0.2, 0) is 9.53 Å². The minimum atomic E-state index is -0.282. The van der Waals surface area contributed by atoms with Crippen molar-refractivity contribution in [3.63, 3.8) is 0 Å². The summed E-state index contributed by atoms with van der Waals surface area (Å²) in [6.45, 7) is 6.08. The van der Waals surface area contributed by atoms with Crippen LogP contribution in [0.3, 0.4) is 0 Å². The minimum Gasteiger partial charge on any atom is -0.465 e. The average Bonchev–Trinajstić information content (AvgIpc) is 2.30. The fourth-order valence-electron chi connectivity index (χ4n) is 1.55. The Bertz CT molecular complexity index is 324. The maximum Gasteiger partial charge on any atom is 0.322 e. The molecule has 0 aliphatic carbocycles. The van der Waals surface area contributed by atoms with Crippen molar-refractivity contribution in [2.45, 2.75) is 32.9 Å². The topological polar surface area (TPSA) is 38.3 Å². The smallest absolute Gasteiger partial charge is 0.322 e. The summed E-state index contributed by atoms with van der Waals surface area (Å²) in [6.07, 6.45) is 0. The third kappa shape index (κ3) is 3.66. The molecule has 0 saturated carbocycles. The Morgan fingerprint density at radius 1 is 1.31 bits per heavy atom. The first-order valence-electron chi connectivity index (χ1n) is 5.62. The molecule has 0 aliphatic heterocycles. The van der Waals surface area contributed by atoms with E-state index in [1.807, 2.05) is 51.1 Å². The van der Waals surface area contributed by atoms with Crippen molar-refractivity contribution in [2.75, 3.05) is 6.61 Å². The van der Waals surface area contributed by atoms with Crippen LogP contribution in [0.2, 0.25) is 0 Å². The summed E-state index contributed by atoms with van der Waals surface area (Å²) in [5, 5.41) is 3.21. The number of rotatable bonds is 5. The molecule has 1 aromatic carbocycles. The van der Waals surface area contributed by atoms with E-state index in [9.17, 15) is 4.79 Å². The molecule has 0 aliphatic rings. The van der Waals surface area contributed by atoms with Gasteiger partial charge in [0.15, 0.2) is 0 Å². The summed E-state index contributed by atoms with van der Waals surface area (Å²) in [5.74, 6) is -0.203. The summed E-state index contributed by atoms with van der Waals surface area (Å²) in [5.41, 5.74) is 1.17. The van der Waals surface area contributed by atoms with Gasteiger partial charge in [-0.3, -0.25) is 10.1 Å². The summed E-state index contributed by atoms with van der Waals surface area (Å²) in [6, 6.07) is 9.89. The molecule has 0 aromatic heterocycles. The van der Waals surface area contributed by atoms with Crippen molar-refractivity contribution >= 4 is 5.97 Å². The number of esters is 1. The van der Waals surface area contributed by atoms with Crippen LogP contribution in [0.25, 0.3) is 0 Å². The van der Waals surface area contributed by atoms with E-state index in [1.54, 1.807) is 0 Å². The zero-order chi connectivity index (χ0) is 12.0. The van der Waals surface area contributed by atoms with Crippen LogP contribution in [0, 0.1) is 0 Å². The first-order valence-corrected chi connectivity index (χ1v) is 5.62. The molecule has 0 radical (unpaired) electrons. The second kappa shape index (κ2) is 6.28. The molecule has 0 saturated heterocycles. The Hall–Kier alpha value is -1.35. The molecule has 16 heavy (non-hydrogen) atoms. The van der Waals surface area contributed by atoms with Gasteiger partial charge in [0.25, 0.3) is 0 Å². The van der Waals surface area contributed by atoms with E-state index >= 15 is 0 Å². The lowest BCUT2D eigenvalue weighted by Gasteiger charge is -2.19. The van der Waals surface area contributed by atoms with Crippen LogP contribution in [-0.4, -0.2) is 18.6 Å². The van der Waals surface area contributed by atoms with Gasteiger partial charge in [-0.05, 0) is 26.3 Å². The fraction of sp³-hybridized carbons (Fsp3) is 0.462. The van der Waals surface area contributed by atoms with Gasteiger partial charge in [0.05, 0.1) is 6.61 Å². The Morgan fingerprint density at radius 2 is 1.94 bits per heavy atom. The van der Waals surface area contributed by atoms with E-state index in [0.717, 1.165) is 0 Å². The van der Waals surface area contributed by atoms with Gasteiger partial charge in [0.1, 0.15) is 6.04 Å². The van der Waals surface area contributed by atoms with E-state index in [-0.39, 0.29) is 18.1 Å². The lowest BCUT2D eigenvalue weighted by Crippen LogP contribution is -2.37. The van der Waals surface area contributed by atoms with Crippen LogP contribution in [0.4, 0.5) is 0 Å². The average molecular weight is 221 g/mol. The maximum absolute atomic E-state index is 11.4. The molecule has 3 heteroatoms. The van der Waals surface area contributed by atoms with Gasteiger partial charge in [-0.25, -0.2) is 0 Å². The molecule has 1 N–H and O–H groups in total. The predicted molar refractivity (Wildman–Crippen MR) is 64.1 cm³/mol. The lowest BCUT2D eigenvalue weighted by atomic mass is 10.1. The number of carbonyl (C=O) groups is 1. The number of ether oxygens (including phenoxy) is 1. The van der Waals surface area contributed by atoms with E-state index < -0.39 is 0 Å². The number of hydrogen-bond acceptors (Lipinski definition) is 3. The molecule has 1 rings (SSSR count). The van der Waals surface area contributed by atoms with Crippen LogP contribution in [0.15, 0.2) is 30.3 Å². The number of carbonyl (C=O) groups excluding carboxylic acids is 1. The van der Waals surface area contributed by atoms with E-state index in [4.69, 9.17) is 4.74 Å². The predicted octanol–water partition coefficient (Wildman–Crippen LogP) is 2.29. The molecule has 0 heterocycles. The first-order chi connectivity index (χ1) is 7.65. The Morgan fingerprint density at radius 3 is 2.50 bits per heavy atom. The number of nitrogens with one attached hydrogen (secondary N) is 1. The van der Waals surface area contributed by atoms with Crippen LogP contribution >= 0.6 is 0 Å². The molecule has 0 amide bonds. The van der Waals surface area contributed by atoms with Gasteiger partial charge >= 0.3 is 5.97 Å². The summed E-state index contributed by atoms with van der Waals surface area (Å²) >= 11 is 0. The van der Waals surface area contributed by atoms with E-state index in [2.05, 4.69) is 5.32 Å². The molecule has 0 bridgehead atoms. The maximum atomic E-state index is 11.4. The number of hydrogen-bond donors (Lipinski definition) is 1. The van der Waals surface area contributed by atoms with Gasteiger partial charge in [0, 0.05) is 6.04 Å². The highest BCUT2D eigenvalue weighted by molar-refractivity contribution is 5.75. The van der Waals surface area contributed by atoms with Crippen LogP contribution < -0.4 is 5.32 Å². The second-order valence-electron chi connectivity index (χ2n) is 3.77. The van der Waals surface area contributed by atoms with Crippen molar-refractivity contribution in [3.8, 4) is 0 Å². The van der Waals surface area contributed by atoms with Crippen LogP contribution in [0.1, 0.15) is 32.4 Å². The highest BCUT2D eigenvalue weighted by Gasteiger charge is 2.16. The Kier molecular flexibility index (Phi) is 4.99. The third-order valence-corrected chi connectivity index (χ3v) is 2.44. The zero-order valence-corrected chi connectivity index (χ0v) is 10.1. The quantitative estimate of drug-likeness (QED) is 0.775. The highest BCUT2D eigenvalue weighted by Crippen LogP contribution is 2.12. The SMILES string of the molecule is CCOC(=O)C(C)NC(C)c1ccccc1. The molecule has 2 atom stereocenters. The standard InChI is InChI=1S/C13H19NO2/c1-4-16-13(15)11(3)14-10(2)12-8-6-5-7-9-12/h5-11,14H,4H2,1-3H3. The molecule has 0 fully saturated rings. The fourth-order valence-corrected chi connectivity index (χ4v) is 1.55. The molecule has 0 spiro atoms. The monoisotopic (exact) mass is 221 g/mol. The summed E-state index contributed by atoms with van der Waals surface area (Å²) in [4.78, 5) is 11.4. The molecular formula is C13H19NO2. The van der Waals surface area contributed by atoms with Gasteiger partial charge in [-0.15, -0.1) is 0 Å². The molecule has 88 valence electrons. The van der Waals surface area contributed by atoms with Crippen molar-refractivity contribution in [1.82, 2.24) is 5.32 Å². The first kappa shape index (κ1) is 12.7. The number of benzene rings is 1. The van der Waals surface area contributed by atoms with Gasteiger partial charge in [-0.2, -0.15) is 0 Å². The summed E-state index contributed by atoms with van der Waals surface area (Å²) < 4.78 is 4.94. The van der Waals surface area contributed by atoms with Gasteiger partial charge in [-0.1, -0.05) is 30.3 Å².